The van der Waals surface area contributed by atoms with E-state index in [2.05, 4.69) is 6.92 Å². The van der Waals surface area contributed by atoms with Gasteiger partial charge < -0.3 is 9.64 Å². The fourth-order valence-electron chi connectivity index (χ4n) is 3.12. The van der Waals surface area contributed by atoms with Crippen LogP contribution in [-0.4, -0.2) is 37.1 Å². The zero-order valence-corrected chi connectivity index (χ0v) is 15.2. The molecule has 1 aliphatic heterocycles. The number of likely N-dealkylation sites (N-methyl/N-ethyl adjacent to an activating group) is 1. The highest BCUT2D eigenvalue weighted by Gasteiger charge is 2.52. The second kappa shape index (κ2) is 11.0. The third-order valence-corrected chi connectivity index (χ3v) is 4.72. The van der Waals surface area contributed by atoms with E-state index in [4.69, 9.17) is 4.74 Å². The number of ether oxygens (including phenoxy) is 1. The van der Waals surface area contributed by atoms with Gasteiger partial charge in [0, 0.05) is 14.1 Å². The first kappa shape index (κ1) is 19.5. The van der Waals surface area contributed by atoms with Crippen LogP contribution in [0.25, 0.3) is 0 Å². The van der Waals surface area contributed by atoms with E-state index < -0.39 is 5.60 Å². The highest BCUT2D eigenvalue weighted by atomic mass is 16.6. The lowest BCUT2D eigenvalue weighted by atomic mass is 9.99. The maximum Gasteiger partial charge on any atom is 0.256 e. The Balaban J connectivity index is 1.85. The molecule has 0 unspecified atom stereocenters. The molecule has 0 aromatic rings. The van der Waals surface area contributed by atoms with Crippen molar-refractivity contribution in [3.63, 3.8) is 0 Å². The number of epoxide rings is 1. The van der Waals surface area contributed by atoms with Gasteiger partial charge in [0.2, 0.25) is 0 Å². The largest absolute Gasteiger partial charge is 0.359 e. The first-order chi connectivity index (χ1) is 10.6. The third-order valence-electron chi connectivity index (χ3n) is 4.72. The predicted molar refractivity (Wildman–Crippen MR) is 93.1 cm³/mol. The number of amides is 1. The van der Waals surface area contributed by atoms with Crippen LogP contribution in [0.4, 0.5) is 0 Å². The monoisotopic (exact) mass is 311 g/mol. The Morgan fingerprint density at radius 2 is 1.27 bits per heavy atom. The summed E-state index contributed by atoms with van der Waals surface area (Å²) in [4.78, 5) is 13.6. The molecule has 3 heteroatoms. The van der Waals surface area contributed by atoms with E-state index in [-0.39, 0.29) is 5.91 Å². The van der Waals surface area contributed by atoms with Gasteiger partial charge in [-0.1, -0.05) is 77.6 Å². The molecule has 0 N–H and O–H groups in total. The summed E-state index contributed by atoms with van der Waals surface area (Å²) in [6.07, 6.45) is 17.1. The Hall–Kier alpha value is -0.570. The molecule has 0 aromatic carbocycles. The molecule has 3 nitrogen and oxygen atoms in total. The van der Waals surface area contributed by atoms with Crippen molar-refractivity contribution in [1.29, 1.82) is 0 Å². The number of hydrogen-bond acceptors (Lipinski definition) is 2. The summed E-state index contributed by atoms with van der Waals surface area (Å²) >= 11 is 0. The Morgan fingerprint density at radius 3 is 1.64 bits per heavy atom. The van der Waals surface area contributed by atoms with Crippen LogP contribution in [0.2, 0.25) is 0 Å². The maximum atomic E-state index is 12.0. The maximum absolute atomic E-state index is 12.0. The minimum atomic E-state index is -0.442. The molecule has 1 amide bonds. The molecule has 0 saturated carbocycles. The Kier molecular flexibility index (Phi) is 9.77. The molecule has 0 radical (unpaired) electrons. The highest BCUT2D eigenvalue weighted by Crippen LogP contribution is 2.34. The van der Waals surface area contributed by atoms with Gasteiger partial charge in [-0.2, -0.15) is 0 Å². The van der Waals surface area contributed by atoms with Crippen molar-refractivity contribution in [2.75, 3.05) is 20.7 Å². The fraction of sp³-hybridized carbons (Fsp3) is 0.947. The van der Waals surface area contributed by atoms with Crippen molar-refractivity contribution in [2.24, 2.45) is 0 Å². The second-order valence-corrected chi connectivity index (χ2v) is 7.12. The molecule has 22 heavy (non-hydrogen) atoms. The van der Waals surface area contributed by atoms with Crippen molar-refractivity contribution in [3.05, 3.63) is 0 Å². The van der Waals surface area contributed by atoms with E-state index in [1.165, 1.54) is 70.6 Å². The highest BCUT2D eigenvalue weighted by molar-refractivity contribution is 5.87. The summed E-state index contributed by atoms with van der Waals surface area (Å²) in [5.41, 5.74) is -0.442. The lowest BCUT2D eigenvalue weighted by Gasteiger charge is -2.16. The van der Waals surface area contributed by atoms with Gasteiger partial charge in [0.15, 0.2) is 5.60 Å². The summed E-state index contributed by atoms with van der Waals surface area (Å²) in [6.45, 7) is 2.90. The third kappa shape index (κ3) is 7.62. The van der Waals surface area contributed by atoms with Crippen molar-refractivity contribution in [2.45, 2.75) is 96.0 Å². The van der Waals surface area contributed by atoms with Crippen LogP contribution in [-0.2, 0) is 9.53 Å². The van der Waals surface area contributed by atoms with Crippen molar-refractivity contribution in [3.8, 4) is 0 Å². The van der Waals surface area contributed by atoms with Crippen LogP contribution in [0.3, 0.4) is 0 Å². The van der Waals surface area contributed by atoms with Gasteiger partial charge in [0.05, 0.1) is 6.61 Å². The van der Waals surface area contributed by atoms with E-state index in [1.54, 1.807) is 4.90 Å². The first-order valence-corrected chi connectivity index (χ1v) is 9.48. The smallest absolute Gasteiger partial charge is 0.256 e. The number of nitrogens with zero attached hydrogens (tertiary/aromatic N) is 1. The minimum absolute atomic E-state index is 0.149. The molecule has 0 aliphatic carbocycles. The van der Waals surface area contributed by atoms with Crippen molar-refractivity contribution >= 4 is 5.91 Å². The predicted octanol–water partition coefficient (Wildman–Crippen LogP) is 4.93. The topological polar surface area (TPSA) is 32.8 Å². The van der Waals surface area contributed by atoms with E-state index in [0.717, 1.165) is 12.8 Å². The Morgan fingerprint density at radius 1 is 0.864 bits per heavy atom. The van der Waals surface area contributed by atoms with Crippen molar-refractivity contribution < 1.29 is 9.53 Å². The molecular formula is C19H37NO2. The van der Waals surface area contributed by atoms with Crippen LogP contribution in [0.5, 0.6) is 0 Å². The Labute approximate surface area is 137 Å². The summed E-state index contributed by atoms with van der Waals surface area (Å²) in [5, 5.41) is 0. The lowest BCUT2D eigenvalue weighted by molar-refractivity contribution is -0.134. The molecule has 1 rings (SSSR count). The van der Waals surface area contributed by atoms with Crippen LogP contribution in [0.15, 0.2) is 0 Å². The van der Waals surface area contributed by atoms with Gasteiger partial charge in [0.1, 0.15) is 0 Å². The van der Waals surface area contributed by atoms with Gasteiger partial charge in [-0.15, -0.1) is 0 Å². The van der Waals surface area contributed by atoms with E-state index in [0.29, 0.717) is 6.61 Å². The Bertz CT molecular complexity index is 298. The van der Waals surface area contributed by atoms with Crippen LogP contribution in [0, 0.1) is 0 Å². The van der Waals surface area contributed by atoms with Gasteiger partial charge in [-0.25, -0.2) is 0 Å². The molecular weight excluding hydrogens is 274 g/mol. The summed E-state index contributed by atoms with van der Waals surface area (Å²) in [6, 6.07) is 0. The van der Waals surface area contributed by atoms with E-state index >= 15 is 0 Å². The molecule has 0 aromatic heterocycles. The standard InChI is InChI=1S/C19H37NO2/c1-4-5-6-7-8-9-10-11-12-13-14-15-16-19(17-22-19)18(21)20(2)3/h4-17H2,1-3H3/t19-/m0/s1. The molecule has 1 saturated heterocycles. The summed E-state index contributed by atoms with van der Waals surface area (Å²) in [7, 11) is 3.63. The van der Waals surface area contributed by atoms with Gasteiger partial charge in [0.25, 0.3) is 5.91 Å². The molecule has 0 bridgehead atoms. The number of carbonyl (C=O) groups excluding carboxylic acids is 1. The van der Waals surface area contributed by atoms with Gasteiger partial charge >= 0.3 is 0 Å². The first-order valence-electron chi connectivity index (χ1n) is 9.48. The molecule has 0 spiro atoms. The van der Waals surface area contributed by atoms with Crippen LogP contribution in [0.1, 0.15) is 90.4 Å². The normalized spacial score (nSPS) is 20.1. The summed E-state index contributed by atoms with van der Waals surface area (Å²) in [5.74, 6) is 0.149. The van der Waals surface area contributed by atoms with Crippen LogP contribution < -0.4 is 0 Å². The average molecular weight is 312 g/mol. The minimum Gasteiger partial charge on any atom is -0.359 e. The molecule has 1 heterocycles. The molecule has 130 valence electrons. The molecule has 1 atom stereocenters. The lowest BCUT2D eigenvalue weighted by Crippen LogP contribution is -2.36. The quantitative estimate of drug-likeness (QED) is 0.336. The fourth-order valence-corrected chi connectivity index (χ4v) is 3.12. The van der Waals surface area contributed by atoms with Crippen molar-refractivity contribution in [1.82, 2.24) is 4.90 Å². The molecule has 1 aliphatic rings. The average Bonchev–Trinajstić information content (AvgIpc) is 3.28. The van der Waals surface area contributed by atoms with E-state index in [9.17, 15) is 4.79 Å². The molecule has 1 fully saturated rings. The number of hydrogen-bond donors (Lipinski definition) is 0. The summed E-state index contributed by atoms with van der Waals surface area (Å²) < 4.78 is 5.43. The van der Waals surface area contributed by atoms with Gasteiger partial charge in [-0.05, 0) is 12.8 Å². The van der Waals surface area contributed by atoms with E-state index in [1.807, 2.05) is 14.1 Å². The number of carbonyl (C=O) groups is 1. The SMILES string of the molecule is CCCCCCCCCCCCCC[C@@]1(C(=O)N(C)C)CO1. The van der Waals surface area contributed by atoms with Crippen LogP contribution >= 0.6 is 0 Å². The number of rotatable bonds is 14. The zero-order chi connectivity index (χ0) is 16.3. The second-order valence-electron chi connectivity index (χ2n) is 7.12. The number of unbranched alkanes of at least 4 members (excludes halogenated alkanes) is 11. The van der Waals surface area contributed by atoms with Gasteiger partial charge in [-0.3, -0.25) is 4.79 Å². The zero-order valence-electron chi connectivity index (χ0n) is 15.2.